The van der Waals surface area contributed by atoms with Gasteiger partial charge in [-0.25, -0.2) is 0 Å². The molecule has 5 heteroatoms. The van der Waals surface area contributed by atoms with E-state index in [4.69, 9.17) is 0 Å². The number of nitrogens with zero attached hydrogens (tertiary/aromatic N) is 3. The molecule has 1 aromatic carbocycles. The van der Waals surface area contributed by atoms with E-state index in [1.54, 1.807) is 0 Å². The van der Waals surface area contributed by atoms with Gasteiger partial charge < -0.3 is 15.1 Å². The summed E-state index contributed by atoms with van der Waals surface area (Å²) in [6.07, 6.45) is 3.57. The lowest BCUT2D eigenvalue weighted by atomic mass is 10.1. The first-order valence-corrected chi connectivity index (χ1v) is 9.72. The van der Waals surface area contributed by atoms with Gasteiger partial charge in [0.15, 0.2) is 0 Å². The number of hydrogen-bond acceptors (Lipinski definition) is 4. The zero-order valence-electron chi connectivity index (χ0n) is 15.3. The summed E-state index contributed by atoms with van der Waals surface area (Å²) in [4.78, 5) is 19.8. The van der Waals surface area contributed by atoms with E-state index < -0.39 is 0 Å². The van der Waals surface area contributed by atoms with Crippen molar-refractivity contribution in [3.63, 3.8) is 0 Å². The third-order valence-electron chi connectivity index (χ3n) is 6.01. The number of nitrogens with one attached hydrogen (secondary N) is 1. The molecule has 3 fully saturated rings. The van der Waals surface area contributed by atoms with Crippen LogP contribution in [0, 0.1) is 0 Å². The molecule has 0 spiro atoms. The lowest BCUT2D eigenvalue weighted by Gasteiger charge is -2.32. The molecule has 0 saturated carbocycles. The molecule has 3 heterocycles. The topological polar surface area (TPSA) is 38.8 Å². The lowest BCUT2D eigenvalue weighted by Crippen LogP contribution is -2.43. The second kappa shape index (κ2) is 7.44. The van der Waals surface area contributed by atoms with E-state index in [2.05, 4.69) is 34.3 Å². The van der Waals surface area contributed by atoms with Gasteiger partial charge in [-0.05, 0) is 44.0 Å². The number of likely N-dealkylation sites (N-methyl/N-ethyl adjacent to an activating group) is 1. The molecule has 2 unspecified atom stereocenters. The molecular formula is C20H30N4O. The smallest absolute Gasteiger partial charge is 0.253 e. The minimum atomic E-state index is 0.195. The van der Waals surface area contributed by atoms with Crippen LogP contribution >= 0.6 is 0 Å². The van der Waals surface area contributed by atoms with Crippen LogP contribution in [0.2, 0.25) is 0 Å². The van der Waals surface area contributed by atoms with Gasteiger partial charge in [0.05, 0.1) is 0 Å². The molecule has 2 atom stereocenters. The minimum Gasteiger partial charge on any atom is -0.337 e. The molecule has 1 amide bonds. The number of piperazine rings is 1. The summed E-state index contributed by atoms with van der Waals surface area (Å²) in [5.41, 5.74) is 2.14. The van der Waals surface area contributed by atoms with E-state index in [0.717, 1.165) is 57.8 Å². The molecular weight excluding hydrogens is 312 g/mol. The van der Waals surface area contributed by atoms with E-state index in [9.17, 15) is 4.79 Å². The number of hydrogen-bond donors (Lipinski definition) is 1. The number of benzene rings is 1. The van der Waals surface area contributed by atoms with Crippen LogP contribution in [0.3, 0.4) is 0 Å². The average Bonchev–Trinajstić information content (AvgIpc) is 2.96. The number of fused-ring (bicyclic) bond motifs is 2. The summed E-state index contributed by atoms with van der Waals surface area (Å²) in [5, 5.41) is 3.64. The fourth-order valence-electron chi connectivity index (χ4n) is 4.33. The molecule has 0 aliphatic carbocycles. The SMILES string of the molecule is CN1CCN(Cc2ccc(C(=O)N3CCC4CCC(C3)N4)cc2)CC1. The lowest BCUT2D eigenvalue weighted by molar-refractivity contribution is 0.0748. The Hall–Kier alpha value is -1.43. The number of likely N-dealkylation sites (tertiary alicyclic amines) is 1. The van der Waals surface area contributed by atoms with Crippen molar-refractivity contribution in [2.45, 2.75) is 37.9 Å². The second-order valence-electron chi connectivity index (χ2n) is 7.95. The van der Waals surface area contributed by atoms with Crippen LogP contribution in [0.5, 0.6) is 0 Å². The highest BCUT2D eigenvalue weighted by molar-refractivity contribution is 5.94. The maximum Gasteiger partial charge on any atom is 0.253 e. The summed E-state index contributed by atoms with van der Waals surface area (Å²) in [7, 11) is 2.18. The Morgan fingerprint density at radius 2 is 1.72 bits per heavy atom. The van der Waals surface area contributed by atoms with Crippen molar-refractivity contribution in [3.05, 3.63) is 35.4 Å². The maximum absolute atomic E-state index is 12.8. The quantitative estimate of drug-likeness (QED) is 0.901. The molecule has 4 rings (SSSR count). The molecule has 25 heavy (non-hydrogen) atoms. The summed E-state index contributed by atoms with van der Waals surface area (Å²) < 4.78 is 0. The fraction of sp³-hybridized carbons (Fsp3) is 0.650. The van der Waals surface area contributed by atoms with Crippen molar-refractivity contribution >= 4 is 5.91 Å². The largest absolute Gasteiger partial charge is 0.337 e. The second-order valence-corrected chi connectivity index (χ2v) is 7.95. The van der Waals surface area contributed by atoms with Crippen LogP contribution in [-0.2, 0) is 6.54 Å². The maximum atomic E-state index is 12.8. The zero-order chi connectivity index (χ0) is 17.2. The summed E-state index contributed by atoms with van der Waals surface area (Å²) >= 11 is 0. The Bertz CT molecular complexity index is 594. The van der Waals surface area contributed by atoms with Gasteiger partial charge in [-0.1, -0.05) is 12.1 Å². The van der Waals surface area contributed by atoms with Crippen molar-refractivity contribution in [2.75, 3.05) is 46.3 Å². The van der Waals surface area contributed by atoms with Crippen molar-refractivity contribution in [1.82, 2.24) is 20.0 Å². The van der Waals surface area contributed by atoms with Gasteiger partial charge in [-0.15, -0.1) is 0 Å². The van der Waals surface area contributed by atoms with E-state index in [-0.39, 0.29) is 5.91 Å². The van der Waals surface area contributed by atoms with Crippen LogP contribution in [0.4, 0.5) is 0 Å². The molecule has 1 aromatic rings. The highest BCUT2D eigenvalue weighted by Gasteiger charge is 2.31. The normalized spacial score (nSPS) is 28.1. The minimum absolute atomic E-state index is 0.195. The first-order chi connectivity index (χ1) is 12.2. The summed E-state index contributed by atoms with van der Waals surface area (Å²) in [6.45, 7) is 7.26. The highest BCUT2D eigenvalue weighted by Crippen LogP contribution is 2.22. The highest BCUT2D eigenvalue weighted by atomic mass is 16.2. The predicted octanol–water partition coefficient (Wildman–Crippen LogP) is 1.40. The molecule has 3 aliphatic heterocycles. The Morgan fingerprint density at radius 1 is 1.00 bits per heavy atom. The Morgan fingerprint density at radius 3 is 2.48 bits per heavy atom. The van der Waals surface area contributed by atoms with Crippen molar-refractivity contribution in [1.29, 1.82) is 0 Å². The zero-order valence-corrected chi connectivity index (χ0v) is 15.3. The van der Waals surface area contributed by atoms with Gasteiger partial charge >= 0.3 is 0 Å². The first-order valence-electron chi connectivity index (χ1n) is 9.72. The molecule has 0 radical (unpaired) electrons. The monoisotopic (exact) mass is 342 g/mol. The van der Waals surface area contributed by atoms with E-state index in [1.807, 2.05) is 17.0 Å². The first kappa shape index (κ1) is 17.0. The van der Waals surface area contributed by atoms with Crippen molar-refractivity contribution in [3.8, 4) is 0 Å². The van der Waals surface area contributed by atoms with Crippen LogP contribution in [-0.4, -0.2) is 79.0 Å². The standard InChI is InChI=1S/C20H30N4O/c1-22-10-12-23(13-11-22)14-16-2-4-17(5-3-16)20(25)24-9-8-18-6-7-19(15-24)21-18/h2-5,18-19,21H,6-15H2,1H3. The number of carbonyl (C=O) groups is 1. The van der Waals surface area contributed by atoms with Gasteiger partial charge in [0.2, 0.25) is 0 Å². The van der Waals surface area contributed by atoms with Gasteiger partial charge in [0, 0.05) is 63.5 Å². The van der Waals surface area contributed by atoms with Crippen LogP contribution in [0.1, 0.15) is 35.2 Å². The van der Waals surface area contributed by atoms with Gasteiger partial charge in [0.25, 0.3) is 5.91 Å². The van der Waals surface area contributed by atoms with Crippen LogP contribution in [0.15, 0.2) is 24.3 Å². The molecule has 3 saturated heterocycles. The fourth-order valence-corrected chi connectivity index (χ4v) is 4.33. The van der Waals surface area contributed by atoms with Crippen LogP contribution < -0.4 is 5.32 Å². The third kappa shape index (κ3) is 4.05. The molecule has 0 aromatic heterocycles. The molecule has 136 valence electrons. The van der Waals surface area contributed by atoms with E-state index in [0.29, 0.717) is 12.1 Å². The Kier molecular flexibility index (Phi) is 5.06. The van der Waals surface area contributed by atoms with E-state index >= 15 is 0 Å². The summed E-state index contributed by atoms with van der Waals surface area (Å²) in [6, 6.07) is 9.41. The Labute approximate surface area is 151 Å². The van der Waals surface area contributed by atoms with Gasteiger partial charge in [-0.3, -0.25) is 9.69 Å². The van der Waals surface area contributed by atoms with Gasteiger partial charge in [-0.2, -0.15) is 0 Å². The molecule has 5 nitrogen and oxygen atoms in total. The Balaban J connectivity index is 1.35. The third-order valence-corrected chi connectivity index (χ3v) is 6.01. The predicted molar refractivity (Wildman–Crippen MR) is 99.7 cm³/mol. The number of amides is 1. The van der Waals surface area contributed by atoms with Crippen molar-refractivity contribution in [2.24, 2.45) is 0 Å². The van der Waals surface area contributed by atoms with Crippen molar-refractivity contribution < 1.29 is 4.79 Å². The molecule has 1 N–H and O–H groups in total. The average molecular weight is 342 g/mol. The molecule has 3 aliphatic rings. The number of rotatable bonds is 3. The van der Waals surface area contributed by atoms with Gasteiger partial charge in [0.1, 0.15) is 0 Å². The van der Waals surface area contributed by atoms with E-state index in [1.165, 1.54) is 18.4 Å². The number of carbonyl (C=O) groups excluding carboxylic acids is 1. The molecule has 2 bridgehead atoms. The van der Waals surface area contributed by atoms with Crippen LogP contribution in [0.25, 0.3) is 0 Å². The summed E-state index contributed by atoms with van der Waals surface area (Å²) in [5.74, 6) is 0.195.